The summed E-state index contributed by atoms with van der Waals surface area (Å²) in [6.07, 6.45) is 4.91. The van der Waals surface area contributed by atoms with Crippen molar-refractivity contribution in [1.82, 2.24) is 15.3 Å². The summed E-state index contributed by atoms with van der Waals surface area (Å²) < 4.78 is 35.6. The molecule has 3 aromatic rings. The number of nitrogen functional groups attached to an aromatic ring is 1. The Morgan fingerprint density at radius 1 is 1.27 bits per heavy atom. The van der Waals surface area contributed by atoms with Gasteiger partial charge < -0.3 is 20.7 Å². The molecule has 174 valence electrons. The highest BCUT2D eigenvalue weighted by Crippen LogP contribution is 2.32. The largest absolute Gasteiger partial charge is 0.396 e. The smallest absolute Gasteiger partial charge is 0.263 e. The normalized spacial score (nSPS) is 20.3. The number of amides is 1. The number of nitrogens with one attached hydrogen (secondary N) is 1. The lowest BCUT2D eigenvalue weighted by Gasteiger charge is -2.42. The summed E-state index contributed by atoms with van der Waals surface area (Å²) in [5.74, 6) is -1.33. The molecule has 0 saturated carbocycles. The molecule has 2 aromatic heterocycles. The minimum absolute atomic E-state index is 0.0745. The van der Waals surface area contributed by atoms with Gasteiger partial charge in [0.05, 0.1) is 29.3 Å². The standard InChI is InChI=1S/C23H25F2N5O2S/c1-12-9-28-20-19(26)21(33-23(20)29-12)22(31)27-6-5-13-7-17(25)18(8-16(13)24)30-10-14-3-2-4-15(11-30)32-14/h7-9,14-15H,2-6,10-11,26H2,1H3,(H,27,31). The molecule has 33 heavy (non-hydrogen) atoms. The Hall–Kier alpha value is -2.85. The second-order valence-electron chi connectivity index (χ2n) is 8.63. The molecule has 2 aliphatic heterocycles. The summed E-state index contributed by atoms with van der Waals surface area (Å²) >= 11 is 1.16. The molecule has 1 aromatic carbocycles. The van der Waals surface area contributed by atoms with Gasteiger partial charge >= 0.3 is 0 Å². The monoisotopic (exact) mass is 473 g/mol. The minimum atomic E-state index is -0.484. The number of fused-ring (bicyclic) bond motifs is 3. The molecule has 1 amide bonds. The molecule has 7 nitrogen and oxygen atoms in total. The van der Waals surface area contributed by atoms with Gasteiger partial charge in [-0.1, -0.05) is 0 Å². The zero-order chi connectivity index (χ0) is 23.1. The van der Waals surface area contributed by atoms with Crippen LogP contribution in [0.5, 0.6) is 0 Å². The molecule has 2 fully saturated rings. The lowest BCUT2D eigenvalue weighted by atomic mass is 9.99. The van der Waals surface area contributed by atoms with Crippen LogP contribution in [0.2, 0.25) is 0 Å². The topological polar surface area (TPSA) is 93.4 Å². The van der Waals surface area contributed by atoms with Gasteiger partial charge in [0.2, 0.25) is 0 Å². The van der Waals surface area contributed by atoms with Gasteiger partial charge in [-0.15, -0.1) is 11.3 Å². The van der Waals surface area contributed by atoms with Gasteiger partial charge in [-0.05, 0) is 44.2 Å². The molecular weight excluding hydrogens is 448 g/mol. The average Bonchev–Trinajstić information content (AvgIpc) is 3.11. The van der Waals surface area contributed by atoms with Crippen LogP contribution < -0.4 is 16.0 Å². The Morgan fingerprint density at radius 3 is 2.79 bits per heavy atom. The Labute approximate surface area is 194 Å². The number of ether oxygens (including phenoxy) is 1. The number of thiophene rings is 1. The summed E-state index contributed by atoms with van der Waals surface area (Å²) in [5, 5.41) is 2.74. The number of benzene rings is 1. The molecule has 2 aliphatic rings. The van der Waals surface area contributed by atoms with Crippen LogP contribution in [0.1, 0.15) is 40.2 Å². The maximum atomic E-state index is 14.9. The highest BCUT2D eigenvalue weighted by Gasteiger charge is 2.32. The molecule has 2 bridgehead atoms. The second kappa shape index (κ2) is 8.83. The number of anilines is 2. The van der Waals surface area contributed by atoms with E-state index < -0.39 is 11.6 Å². The van der Waals surface area contributed by atoms with Crippen molar-refractivity contribution in [3.8, 4) is 0 Å². The van der Waals surface area contributed by atoms with Crippen LogP contribution in [-0.2, 0) is 11.2 Å². The molecule has 4 heterocycles. The van der Waals surface area contributed by atoms with Crippen LogP contribution in [0.3, 0.4) is 0 Å². The summed E-state index contributed by atoms with van der Waals surface area (Å²) in [6.45, 7) is 3.10. The van der Waals surface area contributed by atoms with Crippen molar-refractivity contribution in [1.29, 1.82) is 0 Å². The van der Waals surface area contributed by atoms with E-state index in [9.17, 15) is 13.6 Å². The van der Waals surface area contributed by atoms with Crippen LogP contribution in [0.4, 0.5) is 20.2 Å². The molecule has 0 radical (unpaired) electrons. The van der Waals surface area contributed by atoms with Crippen molar-refractivity contribution in [3.05, 3.63) is 46.1 Å². The fourth-order valence-corrected chi connectivity index (χ4v) is 5.57. The Kier molecular flexibility index (Phi) is 5.88. The van der Waals surface area contributed by atoms with Crippen LogP contribution in [0, 0.1) is 18.6 Å². The molecule has 2 atom stereocenters. The zero-order valence-electron chi connectivity index (χ0n) is 18.2. The lowest BCUT2D eigenvalue weighted by molar-refractivity contribution is -0.0606. The molecular formula is C23H25F2N5O2S. The number of nitrogens with two attached hydrogens (primary N) is 1. The predicted octanol–water partition coefficient (Wildman–Crippen LogP) is 3.59. The number of carbonyl (C=O) groups excluding carboxylic acids is 1. The minimum Gasteiger partial charge on any atom is -0.396 e. The highest BCUT2D eigenvalue weighted by molar-refractivity contribution is 7.21. The van der Waals surface area contributed by atoms with Crippen molar-refractivity contribution in [2.45, 2.75) is 44.8 Å². The summed E-state index contributed by atoms with van der Waals surface area (Å²) in [4.78, 5) is 24.0. The lowest BCUT2D eigenvalue weighted by Crippen LogP contribution is -2.50. The average molecular weight is 474 g/mol. The second-order valence-corrected chi connectivity index (χ2v) is 9.63. The van der Waals surface area contributed by atoms with Crippen molar-refractivity contribution in [3.63, 3.8) is 0 Å². The summed E-state index contributed by atoms with van der Waals surface area (Å²) in [7, 11) is 0. The number of halogens is 2. The van der Waals surface area contributed by atoms with Crippen LogP contribution in [0.25, 0.3) is 10.3 Å². The number of hydrogen-bond donors (Lipinski definition) is 2. The van der Waals surface area contributed by atoms with Gasteiger partial charge in [0, 0.05) is 31.9 Å². The van der Waals surface area contributed by atoms with Crippen molar-refractivity contribution in [2.75, 3.05) is 30.3 Å². The van der Waals surface area contributed by atoms with E-state index in [1.165, 1.54) is 12.1 Å². The maximum Gasteiger partial charge on any atom is 0.263 e. The predicted molar refractivity (Wildman–Crippen MR) is 124 cm³/mol. The van der Waals surface area contributed by atoms with Gasteiger partial charge in [0.1, 0.15) is 26.9 Å². The third-order valence-electron chi connectivity index (χ3n) is 6.19. The van der Waals surface area contributed by atoms with E-state index in [-0.39, 0.29) is 48.0 Å². The fraction of sp³-hybridized carbons (Fsp3) is 0.435. The van der Waals surface area contributed by atoms with E-state index in [1.54, 1.807) is 6.20 Å². The molecule has 0 spiro atoms. The first kappa shape index (κ1) is 22.0. The fourth-order valence-electron chi connectivity index (χ4n) is 4.55. The molecule has 0 aliphatic carbocycles. The summed E-state index contributed by atoms with van der Waals surface area (Å²) in [5.41, 5.74) is 8.05. The first-order valence-electron chi connectivity index (χ1n) is 11.1. The van der Waals surface area contributed by atoms with Crippen LogP contribution in [-0.4, -0.2) is 47.7 Å². The number of aryl methyl sites for hydroxylation is 1. The van der Waals surface area contributed by atoms with Gasteiger partial charge in [0.25, 0.3) is 5.91 Å². The van der Waals surface area contributed by atoms with Gasteiger partial charge in [0.15, 0.2) is 0 Å². The Morgan fingerprint density at radius 2 is 2.03 bits per heavy atom. The maximum absolute atomic E-state index is 14.9. The van der Waals surface area contributed by atoms with Gasteiger partial charge in [-0.2, -0.15) is 0 Å². The first-order valence-corrected chi connectivity index (χ1v) is 11.9. The number of hydrogen-bond acceptors (Lipinski definition) is 7. The van der Waals surface area contributed by atoms with Crippen molar-refractivity contribution in [2.24, 2.45) is 0 Å². The number of morpholine rings is 1. The Bertz CT molecular complexity index is 1210. The molecule has 2 saturated heterocycles. The molecule has 10 heteroatoms. The molecule has 2 unspecified atom stereocenters. The van der Waals surface area contributed by atoms with Crippen LogP contribution >= 0.6 is 11.3 Å². The van der Waals surface area contributed by atoms with E-state index in [0.717, 1.165) is 36.3 Å². The summed E-state index contributed by atoms with van der Waals surface area (Å²) in [6, 6.07) is 2.49. The quantitative estimate of drug-likeness (QED) is 0.588. The number of aromatic nitrogens is 2. The molecule has 3 N–H and O–H groups in total. The SMILES string of the molecule is Cc1cnc2c(N)c(C(=O)NCCc3cc(F)c(N4CC5CCCC(C4)O5)cc3F)sc2n1. The molecule has 5 rings (SSSR count). The number of carbonyl (C=O) groups is 1. The van der Waals surface area contributed by atoms with Gasteiger partial charge in [-0.3, -0.25) is 4.79 Å². The third-order valence-corrected chi connectivity index (χ3v) is 7.27. The van der Waals surface area contributed by atoms with E-state index in [2.05, 4.69) is 15.3 Å². The Balaban J connectivity index is 1.24. The van der Waals surface area contributed by atoms with E-state index in [0.29, 0.717) is 28.3 Å². The van der Waals surface area contributed by atoms with E-state index in [1.807, 2.05) is 11.8 Å². The number of rotatable bonds is 5. The number of nitrogens with zero attached hydrogens (tertiary/aromatic N) is 3. The zero-order valence-corrected chi connectivity index (χ0v) is 19.1. The van der Waals surface area contributed by atoms with Crippen molar-refractivity contribution < 1.29 is 18.3 Å². The first-order chi connectivity index (χ1) is 15.9. The van der Waals surface area contributed by atoms with Gasteiger partial charge in [-0.25, -0.2) is 18.7 Å². The highest BCUT2D eigenvalue weighted by atomic mass is 32.1. The van der Waals surface area contributed by atoms with E-state index >= 15 is 0 Å². The van der Waals surface area contributed by atoms with Crippen LogP contribution in [0.15, 0.2) is 18.3 Å². The van der Waals surface area contributed by atoms with Crippen molar-refractivity contribution >= 4 is 39.0 Å². The third kappa shape index (κ3) is 4.37. The van der Waals surface area contributed by atoms with E-state index in [4.69, 9.17) is 10.5 Å².